The fraction of sp³-hybridized carbons (Fsp3) is 0.333. The molecule has 25 heavy (non-hydrogen) atoms. The number of alkyl halides is 3. The number of amides is 1. The van der Waals surface area contributed by atoms with Crippen LogP contribution in [-0.2, 0) is 24.4 Å². The van der Waals surface area contributed by atoms with Gasteiger partial charge in [0.2, 0.25) is 5.91 Å². The summed E-state index contributed by atoms with van der Waals surface area (Å²) < 4.78 is 40.9. The second-order valence-corrected chi connectivity index (χ2v) is 5.98. The summed E-state index contributed by atoms with van der Waals surface area (Å²) in [5.41, 5.74) is 5.08. The second-order valence-electron chi connectivity index (χ2n) is 4.99. The lowest BCUT2D eigenvalue weighted by Gasteiger charge is -2.05. The standard InChI is InChI=1S/C12H11F3N8OS/c1-22-7(3-2-6(16)24)17-20-11(22)25-9-5-4-8-18-19-10(12(13,14)15)23(8)21-9/h4-5H,2-3H2,1H3,(H2,16,24). The Balaban J connectivity index is 1.87. The highest BCUT2D eigenvalue weighted by molar-refractivity contribution is 7.99. The fourth-order valence-corrected chi connectivity index (χ4v) is 2.75. The molecule has 9 nitrogen and oxygen atoms in total. The zero-order chi connectivity index (χ0) is 18.2. The molecule has 0 aromatic carbocycles. The van der Waals surface area contributed by atoms with E-state index in [0.29, 0.717) is 21.9 Å². The molecule has 132 valence electrons. The zero-order valence-electron chi connectivity index (χ0n) is 12.7. The molecular weight excluding hydrogens is 361 g/mol. The number of carbonyl (C=O) groups is 1. The van der Waals surface area contributed by atoms with Gasteiger partial charge in [0.05, 0.1) is 0 Å². The van der Waals surface area contributed by atoms with E-state index in [9.17, 15) is 18.0 Å². The summed E-state index contributed by atoms with van der Waals surface area (Å²) in [6, 6.07) is 2.88. The SMILES string of the molecule is Cn1c(CCC(N)=O)nnc1Sc1ccc2nnc(C(F)(F)F)n2n1. The van der Waals surface area contributed by atoms with Crippen molar-refractivity contribution in [3.8, 4) is 0 Å². The highest BCUT2D eigenvalue weighted by atomic mass is 32.2. The van der Waals surface area contributed by atoms with Gasteiger partial charge in [-0.15, -0.1) is 20.4 Å². The molecule has 3 rings (SSSR count). The quantitative estimate of drug-likeness (QED) is 0.705. The normalized spacial score (nSPS) is 12.0. The van der Waals surface area contributed by atoms with E-state index in [-0.39, 0.29) is 17.1 Å². The molecule has 2 N–H and O–H groups in total. The first kappa shape index (κ1) is 17.1. The van der Waals surface area contributed by atoms with Crippen molar-refractivity contribution in [2.45, 2.75) is 29.2 Å². The van der Waals surface area contributed by atoms with Gasteiger partial charge < -0.3 is 10.3 Å². The molecule has 3 aromatic rings. The molecule has 0 bridgehead atoms. The molecule has 3 heterocycles. The van der Waals surface area contributed by atoms with Gasteiger partial charge in [-0.25, -0.2) is 0 Å². The molecule has 0 radical (unpaired) electrons. The summed E-state index contributed by atoms with van der Waals surface area (Å²) in [7, 11) is 1.68. The lowest BCUT2D eigenvalue weighted by Crippen LogP contribution is -2.13. The number of rotatable bonds is 5. The number of primary amides is 1. The van der Waals surface area contributed by atoms with Gasteiger partial charge in [-0.1, -0.05) is 0 Å². The Morgan fingerprint density at radius 2 is 2.00 bits per heavy atom. The predicted molar refractivity (Wildman–Crippen MR) is 78.4 cm³/mol. The number of nitrogens with two attached hydrogens (primary N) is 1. The Labute approximate surface area is 142 Å². The number of carbonyl (C=O) groups excluding carboxylic acids is 1. The van der Waals surface area contributed by atoms with Crippen molar-refractivity contribution >= 4 is 23.3 Å². The van der Waals surface area contributed by atoms with Crippen LogP contribution in [0.1, 0.15) is 18.1 Å². The lowest BCUT2D eigenvalue weighted by atomic mass is 10.3. The maximum Gasteiger partial charge on any atom is 0.453 e. The molecule has 0 fully saturated rings. The van der Waals surface area contributed by atoms with Crippen LogP contribution in [0.25, 0.3) is 5.65 Å². The van der Waals surface area contributed by atoms with Crippen LogP contribution in [0.5, 0.6) is 0 Å². The first-order chi connectivity index (χ1) is 11.8. The Morgan fingerprint density at radius 3 is 2.68 bits per heavy atom. The summed E-state index contributed by atoms with van der Waals surface area (Å²) in [5, 5.41) is 19.0. The average Bonchev–Trinajstić information content (AvgIpc) is 3.09. The van der Waals surface area contributed by atoms with Crippen LogP contribution in [0.15, 0.2) is 22.3 Å². The third-order valence-electron chi connectivity index (χ3n) is 3.21. The zero-order valence-corrected chi connectivity index (χ0v) is 13.5. The highest BCUT2D eigenvalue weighted by Crippen LogP contribution is 2.29. The molecule has 0 saturated heterocycles. The largest absolute Gasteiger partial charge is 0.453 e. The van der Waals surface area contributed by atoms with Crippen molar-refractivity contribution in [3.63, 3.8) is 0 Å². The lowest BCUT2D eigenvalue weighted by molar-refractivity contribution is -0.146. The van der Waals surface area contributed by atoms with Crippen LogP contribution in [0.2, 0.25) is 0 Å². The van der Waals surface area contributed by atoms with Gasteiger partial charge in [-0.2, -0.15) is 22.8 Å². The molecule has 0 unspecified atom stereocenters. The smallest absolute Gasteiger partial charge is 0.370 e. The minimum atomic E-state index is -4.66. The van der Waals surface area contributed by atoms with Gasteiger partial charge in [-0.3, -0.25) is 4.79 Å². The van der Waals surface area contributed by atoms with Gasteiger partial charge in [-0.05, 0) is 23.9 Å². The van der Waals surface area contributed by atoms with Crippen molar-refractivity contribution in [2.24, 2.45) is 12.8 Å². The summed E-state index contributed by atoms with van der Waals surface area (Å²) >= 11 is 1.03. The van der Waals surface area contributed by atoms with Crippen LogP contribution in [0, 0.1) is 0 Å². The molecule has 0 aliphatic heterocycles. The van der Waals surface area contributed by atoms with Crippen molar-refractivity contribution in [2.75, 3.05) is 0 Å². The van der Waals surface area contributed by atoms with Gasteiger partial charge >= 0.3 is 6.18 Å². The first-order valence-electron chi connectivity index (χ1n) is 6.90. The number of aryl methyl sites for hydroxylation is 1. The Kier molecular flexibility index (Phi) is 4.32. The molecule has 0 aliphatic carbocycles. The minimum Gasteiger partial charge on any atom is -0.370 e. The van der Waals surface area contributed by atoms with Crippen molar-refractivity contribution in [3.05, 3.63) is 23.8 Å². The molecule has 1 amide bonds. The van der Waals surface area contributed by atoms with Gasteiger partial charge in [0.25, 0.3) is 5.82 Å². The van der Waals surface area contributed by atoms with E-state index in [1.54, 1.807) is 11.6 Å². The summed E-state index contributed by atoms with van der Waals surface area (Å²) in [6.45, 7) is 0. The van der Waals surface area contributed by atoms with Gasteiger partial charge in [0.1, 0.15) is 10.9 Å². The number of fused-ring (bicyclic) bond motifs is 1. The van der Waals surface area contributed by atoms with Crippen molar-refractivity contribution in [1.82, 2.24) is 34.6 Å². The van der Waals surface area contributed by atoms with Crippen molar-refractivity contribution < 1.29 is 18.0 Å². The topological polar surface area (TPSA) is 117 Å². The maximum absolute atomic E-state index is 12.9. The van der Waals surface area contributed by atoms with E-state index in [2.05, 4.69) is 25.5 Å². The van der Waals surface area contributed by atoms with Gasteiger partial charge in [0.15, 0.2) is 10.8 Å². The monoisotopic (exact) mass is 372 g/mol. The predicted octanol–water partition coefficient (Wildman–Crippen LogP) is 0.841. The third kappa shape index (κ3) is 3.55. The van der Waals surface area contributed by atoms with Crippen LogP contribution in [0.3, 0.4) is 0 Å². The van der Waals surface area contributed by atoms with Crippen LogP contribution in [0.4, 0.5) is 13.2 Å². The van der Waals surface area contributed by atoms with Crippen LogP contribution >= 0.6 is 11.8 Å². The van der Waals surface area contributed by atoms with E-state index < -0.39 is 17.9 Å². The number of hydrogen-bond acceptors (Lipinski definition) is 7. The van der Waals surface area contributed by atoms with Crippen LogP contribution in [-0.4, -0.2) is 40.5 Å². The maximum atomic E-state index is 12.9. The van der Waals surface area contributed by atoms with E-state index in [1.807, 2.05) is 0 Å². The molecule has 0 spiro atoms. The molecule has 3 aromatic heterocycles. The van der Waals surface area contributed by atoms with Crippen LogP contribution < -0.4 is 5.73 Å². The number of halogens is 3. The Morgan fingerprint density at radius 1 is 1.24 bits per heavy atom. The van der Waals surface area contributed by atoms with Gasteiger partial charge in [0, 0.05) is 19.9 Å². The highest BCUT2D eigenvalue weighted by Gasteiger charge is 2.37. The van der Waals surface area contributed by atoms with E-state index in [1.165, 1.54) is 12.1 Å². The number of hydrogen-bond donors (Lipinski definition) is 1. The molecular formula is C12H11F3N8OS. The molecule has 0 aliphatic rings. The fourth-order valence-electron chi connectivity index (χ4n) is 1.98. The molecule has 0 saturated carbocycles. The Hall–Kier alpha value is -2.70. The summed E-state index contributed by atoms with van der Waals surface area (Å²) in [5.74, 6) is -1.13. The third-order valence-corrected chi connectivity index (χ3v) is 4.17. The van der Waals surface area contributed by atoms with E-state index >= 15 is 0 Å². The molecule has 0 atom stereocenters. The van der Waals surface area contributed by atoms with Crippen molar-refractivity contribution in [1.29, 1.82) is 0 Å². The number of aromatic nitrogens is 7. The number of nitrogens with zero attached hydrogens (tertiary/aromatic N) is 7. The Bertz CT molecular complexity index is 934. The van der Waals surface area contributed by atoms with E-state index in [0.717, 1.165) is 11.8 Å². The first-order valence-corrected chi connectivity index (χ1v) is 7.71. The average molecular weight is 372 g/mol. The van der Waals surface area contributed by atoms with E-state index in [4.69, 9.17) is 5.73 Å². The summed E-state index contributed by atoms with van der Waals surface area (Å²) in [4.78, 5) is 10.8. The summed E-state index contributed by atoms with van der Waals surface area (Å²) in [6.07, 6.45) is -4.23. The molecule has 13 heteroatoms. The minimum absolute atomic E-state index is 0.0169. The second kappa shape index (κ2) is 6.31.